The van der Waals surface area contributed by atoms with Gasteiger partial charge >= 0.3 is 5.97 Å². The number of benzene rings is 1. The standard InChI is InChI=1S/C12H12BrCl2NO4/c1-3-20-12(17)11(16-18)10(15)6-4-7(13)9(19-2)5-8(6)14/h4-5,10,18H,3H2,1-2H3. The predicted molar refractivity (Wildman–Crippen MR) is 80.2 cm³/mol. The van der Waals surface area contributed by atoms with Gasteiger partial charge in [-0.15, -0.1) is 11.6 Å². The van der Waals surface area contributed by atoms with E-state index in [2.05, 4.69) is 21.1 Å². The molecule has 110 valence electrons. The molecule has 1 unspecified atom stereocenters. The van der Waals surface area contributed by atoms with Crippen molar-refractivity contribution in [3.05, 3.63) is 27.2 Å². The minimum atomic E-state index is -1.05. The molecule has 0 aliphatic carbocycles. The van der Waals surface area contributed by atoms with Crippen LogP contribution in [-0.4, -0.2) is 30.6 Å². The average Bonchev–Trinajstić information content (AvgIpc) is 2.41. The van der Waals surface area contributed by atoms with Gasteiger partial charge in [-0.25, -0.2) is 4.79 Å². The number of halogens is 3. The molecular formula is C12H12BrCl2NO4. The first-order chi connectivity index (χ1) is 9.46. The van der Waals surface area contributed by atoms with Crippen molar-refractivity contribution >= 4 is 50.8 Å². The highest BCUT2D eigenvalue weighted by atomic mass is 79.9. The van der Waals surface area contributed by atoms with E-state index in [1.165, 1.54) is 13.2 Å². The molecule has 0 bridgehead atoms. The molecule has 0 aliphatic heterocycles. The van der Waals surface area contributed by atoms with Gasteiger partial charge in [0.05, 0.1) is 18.2 Å². The van der Waals surface area contributed by atoms with Crippen LogP contribution in [-0.2, 0) is 9.53 Å². The third kappa shape index (κ3) is 3.77. The second-order valence-corrected chi connectivity index (χ2v) is 5.27. The van der Waals surface area contributed by atoms with Crippen molar-refractivity contribution in [3.63, 3.8) is 0 Å². The third-order valence-electron chi connectivity index (χ3n) is 2.38. The molecule has 20 heavy (non-hydrogen) atoms. The Hall–Kier alpha value is -0.980. The first kappa shape index (κ1) is 17.1. The number of esters is 1. The number of methoxy groups -OCH3 is 1. The zero-order valence-corrected chi connectivity index (χ0v) is 13.8. The van der Waals surface area contributed by atoms with E-state index in [-0.39, 0.29) is 17.3 Å². The number of rotatable bonds is 5. The maximum absolute atomic E-state index is 11.6. The van der Waals surface area contributed by atoms with Crippen LogP contribution < -0.4 is 4.74 Å². The monoisotopic (exact) mass is 383 g/mol. The number of hydrogen-bond donors (Lipinski definition) is 1. The molecule has 1 aromatic rings. The predicted octanol–water partition coefficient (Wildman–Crippen LogP) is 3.78. The normalized spacial score (nSPS) is 12.9. The quantitative estimate of drug-likeness (QED) is 0.276. The Balaban J connectivity index is 3.17. The Morgan fingerprint density at radius 3 is 2.70 bits per heavy atom. The molecule has 1 rings (SSSR count). The zero-order valence-electron chi connectivity index (χ0n) is 10.7. The Labute approximate surface area is 134 Å². The van der Waals surface area contributed by atoms with Crippen LogP contribution in [0.3, 0.4) is 0 Å². The lowest BCUT2D eigenvalue weighted by Crippen LogP contribution is -2.22. The highest BCUT2D eigenvalue weighted by Gasteiger charge is 2.27. The highest BCUT2D eigenvalue weighted by Crippen LogP contribution is 2.37. The van der Waals surface area contributed by atoms with Crippen LogP contribution in [0.1, 0.15) is 17.9 Å². The maximum atomic E-state index is 11.6. The summed E-state index contributed by atoms with van der Waals surface area (Å²) in [5.74, 6) is -0.292. The Bertz CT molecular complexity index is 536. The van der Waals surface area contributed by atoms with E-state index in [1.807, 2.05) is 0 Å². The molecule has 0 saturated heterocycles. The van der Waals surface area contributed by atoms with E-state index in [0.29, 0.717) is 15.8 Å². The zero-order chi connectivity index (χ0) is 15.3. The van der Waals surface area contributed by atoms with E-state index in [9.17, 15) is 4.79 Å². The van der Waals surface area contributed by atoms with Gasteiger partial charge in [0.2, 0.25) is 0 Å². The lowest BCUT2D eigenvalue weighted by Gasteiger charge is -2.14. The Morgan fingerprint density at radius 1 is 1.55 bits per heavy atom. The van der Waals surface area contributed by atoms with Crippen LogP contribution in [0.15, 0.2) is 21.8 Å². The molecule has 5 nitrogen and oxygen atoms in total. The van der Waals surface area contributed by atoms with Gasteiger partial charge in [-0.3, -0.25) is 0 Å². The van der Waals surface area contributed by atoms with Crippen molar-refractivity contribution < 1.29 is 19.5 Å². The summed E-state index contributed by atoms with van der Waals surface area (Å²) in [6.07, 6.45) is 0. The summed E-state index contributed by atoms with van der Waals surface area (Å²) in [5, 5.41) is 11.1. The van der Waals surface area contributed by atoms with Crippen LogP contribution in [0, 0.1) is 0 Å². The fraction of sp³-hybridized carbons (Fsp3) is 0.333. The number of oxime groups is 1. The molecule has 0 saturated carbocycles. The van der Waals surface area contributed by atoms with Crippen LogP contribution in [0.2, 0.25) is 5.02 Å². The molecule has 0 heterocycles. The topological polar surface area (TPSA) is 68.1 Å². The van der Waals surface area contributed by atoms with Gasteiger partial charge in [-0.05, 0) is 34.5 Å². The van der Waals surface area contributed by atoms with Crippen LogP contribution in [0.25, 0.3) is 0 Å². The minimum Gasteiger partial charge on any atom is -0.496 e. The first-order valence-corrected chi connectivity index (χ1v) is 7.13. The molecule has 0 aliphatic rings. The Morgan fingerprint density at radius 2 is 2.20 bits per heavy atom. The van der Waals surface area contributed by atoms with Gasteiger partial charge < -0.3 is 14.7 Å². The molecule has 1 aromatic carbocycles. The second kappa shape index (κ2) is 7.71. The molecule has 8 heteroatoms. The summed E-state index contributed by atoms with van der Waals surface area (Å²) in [6, 6.07) is 3.12. The molecular weight excluding hydrogens is 373 g/mol. The fourth-order valence-electron chi connectivity index (χ4n) is 1.44. The summed E-state index contributed by atoms with van der Waals surface area (Å²) in [7, 11) is 1.49. The number of ether oxygens (including phenoxy) is 2. The molecule has 0 radical (unpaired) electrons. The van der Waals surface area contributed by atoms with Gasteiger partial charge in [0.1, 0.15) is 11.1 Å². The van der Waals surface area contributed by atoms with E-state index in [1.54, 1.807) is 13.0 Å². The molecule has 1 atom stereocenters. The number of carbonyl (C=O) groups is 1. The van der Waals surface area contributed by atoms with Gasteiger partial charge in [-0.1, -0.05) is 16.8 Å². The van der Waals surface area contributed by atoms with Crippen LogP contribution in [0.4, 0.5) is 0 Å². The van der Waals surface area contributed by atoms with Crippen LogP contribution in [0.5, 0.6) is 5.75 Å². The summed E-state index contributed by atoms with van der Waals surface area (Å²) in [4.78, 5) is 11.6. The fourth-order valence-corrected chi connectivity index (χ4v) is 2.60. The Kier molecular flexibility index (Phi) is 6.58. The number of alkyl halides is 1. The SMILES string of the molecule is CCOC(=O)C(=NO)C(Cl)c1cc(Br)c(OC)cc1Cl. The third-order valence-corrected chi connectivity index (χ3v) is 3.77. The number of carbonyl (C=O) groups excluding carboxylic acids is 1. The minimum absolute atomic E-state index is 0.140. The summed E-state index contributed by atoms with van der Waals surface area (Å²) >= 11 is 15.5. The smallest absolute Gasteiger partial charge is 0.358 e. The van der Waals surface area contributed by atoms with Gasteiger partial charge in [0.15, 0.2) is 5.71 Å². The first-order valence-electron chi connectivity index (χ1n) is 5.52. The maximum Gasteiger partial charge on any atom is 0.358 e. The van der Waals surface area contributed by atoms with Crippen molar-refractivity contribution in [1.82, 2.24) is 0 Å². The van der Waals surface area contributed by atoms with Crippen molar-refractivity contribution in [2.45, 2.75) is 12.3 Å². The van der Waals surface area contributed by atoms with Crippen molar-refractivity contribution in [2.24, 2.45) is 5.16 Å². The van der Waals surface area contributed by atoms with Crippen LogP contribution >= 0.6 is 39.1 Å². The molecule has 0 aromatic heterocycles. The van der Waals surface area contributed by atoms with Gasteiger partial charge in [0.25, 0.3) is 0 Å². The van der Waals surface area contributed by atoms with Crippen molar-refractivity contribution in [1.29, 1.82) is 0 Å². The van der Waals surface area contributed by atoms with Gasteiger partial charge in [0, 0.05) is 11.1 Å². The number of nitrogens with zero attached hydrogens (tertiary/aromatic N) is 1. The summed E-state index contributed by atoms with van der Waals surface area (Å²) in [6.45, 7) is 1.77. The van der Waals surface area contributed by atoms with Crippen molar-refractivity contribution in [2.75, 3.05) is 13.7 Å². The van der Waals surface area contributed by atoms with E-state index in [4.69, 9.17) is 37.9 Å². The second-order valence-electron chi connectivity index (χ2n) is 3.58. The summed E-state index contributed by atoms with van der Waals surface area (Å²) < 4.78 is 10.4. The molecule has 0 fully saturated rings. The van der Waals surface area contributed by atoms with E-state index < -0.39 is 11.3 Å². The highest BCUT2D eigenvalue weighted by molar-refractivity contribution is 9.10. The molecule has 0 spiro atoms. The van der Waals surface area contributed by atoms with Crippen molar-refractivity contribution in [3.8, 4) is 5.75 Å². The average molecular weight is 385 g/mol. The molecule has 0 amide bonds. The lowest BCUT2D eigenvalue weighted by atomic mass is 10.1. The van der Waals surface area contributed by atoms with E-state index in [0.717, 1.165) is 0 Å². The lowest BCUT2D eigenvalue weighted by molar-refractivity contribution is -0.135. The van der Waals surface area contributed by atoms with Gasteiger partial charge in [-0.2, -0.15) is 0 Å². The largest absolute Gasteiger partial charge is 0.496 e. The summed E-state index contributed by atoms with van der Waals surface area (Å²) in [5.41, 5.74) is 0.0503. The molecule has 1 N–H and O–H groups in total. The van der Waals surface area contributed by atoms with E-state index >= 15 is 0 Å². The number of hydrogen-bond acceptors (Lipinski definition) is 5.